The second kappa shape index (κ2) is 16.2. The third-order valence-electron chi connectivity index (χ3n) is 7.43. The predicted molar refractivity (Wildman–Crippen MR) is 189 cm³/mol. The minimum absolute atomic E-state index is 0.0219. The standard InChI is InChI=1S/C37H42FN3O5S2/c1-6-46-34-19-13-12-18-32(34)41(48(44,45)30-22-20-29(47-5)21-23-30)26-35(42)40(25-28-16-10-11-17-31(28)38)33(36(43)39-37(2,3)4)24-27-14-8-7-9-15-27/h7-23,33H,6,24-26H2,1-5H3,(H,39,43)/t33-/m0/s1. The molecule has 1 N–H and O–H groups in total. The van der Waals surface area contributed by atoms with Crippen molar-refractivity contribution in [2.45, 2.75) is 62.0 Å². The summed E-state index contributed by atoms with van der Waals surface area (Å²) in [6, 6.07) is 27.1. The molecule has 0 aromatic heterocycles. The third kappa shape index (κ3) is 9.38. The molecule has 1 atom stereocenters. The van der Waals surface area contributed by atoms with Crippen LogP contribution in [0.1, 0.15) is 38.8 Å². The van der Waals surface area contributed by atoms with E-state index in [1.165, 1.54) is 34.9 Å². The van der Waals surface area contributed by atoms with Gasteiger partial charge in [-0.15, -0.1) is 11.8 Å². The number of thioether (sulfide) groups is 1. The van der Waals surface area contributed by atoms with Crippen molar-refractivity contribution in [3.63, 3.8) is 0 Å². The molecule has 0 aliphatic carbocycles. The van der Waals surface area contributed by atoms with Gasteiger partial charge in [-0.05, 0) is 82.0 Å². The number of halogens is 1. The Hall–Kier alpha value is -4.35. The Kier molecular flexibility index (Phi) is 12.3. The number of ether oxygens (including phenoxy) is 1. The van der Waals surface area contributed by atoms with E-state index in [1.807, 2.05) is 57.4 Å². The summed E-state index contributed by atoms with van der Waals surface area (Å²) in [6.07, 6.45) is 2.00. The number of carbonyl (C=O) groups excluding carboxylic acids is 2. The van der Waals surface area contributed by atoms with Gasteiger partial charge in [-0.1, -0.05) is 60.7 Å². The summed E-state index contributed by atoms with van der Waals surface area (Å²) in [5.41, 5.74) is 0.474. The van der Waals surface area contributed by atoms with Crippen molar-refractivity contribution in [3.8, 4) is 5.75 Å². The molecule has 0 unspecified atom stereocenters. The molecule has 0 radical (unpaired) electrons. The predicted octanol–water partition coefficient (Wildman–Crippen LogP) is 6.70. The quantitative estimate of drug-likeness (QED) is 0.148. The van der Waals surface area contributed by atoms with Crippen LogP contribution in [0.2, 0.25) is 0 Å². The van der Waals surface area contributed by atoms with Gasteiger partial charge in [0, 0.05) is 29.0 Å². The van der Waals surface area contributed by atoms with Crippen molar-refractivity contribution in [2.24, 2.45) is 0 Å². The number of anilines is 1. The molecule has 0 saturated carbocycles. The van der Waals surface area contributed by atoms with Crippen LogP contribution in [0.3, 0.4) is 0 Å². The van der Waals surface area contributed by atoms with Crippen LogP contribution in [-0.2, 0) is 32.6 Å². The number of nitrogens with zero attached hydrogens (tertiary/aromatic N) is 2. The van der Waals surface area contributed by atoms with Crippen LogP contribution in [0.15, 0.2) is 113 Å². The number of para-hydroxylation sites is 2. The number of benzene rings is 4. The lowest BCUT2D eigenvalue weighted by Crippen LogP contribution is -2.56. The van der Waals surface area contributed by atoms with E-state index in [4.69, 9.17) is 4.74 Å². The third-order valence-corrected chi connectivity index (χ3v) is 9.95. The molecule has 8 nitrogen and oxygen atoms in total. The molecule has 0 heterocycles. The second-order valence-corrected chi connectivity index (χ2v) is 14.9. The zero-order chi connectivity index (χ0) is 34.9. The highest BCUT2D eigenvalue weighted by molar-refractivity contribution is 7.98. The first-order valence-electron chi connectivity index (χ1n) is 15.6. The maximum Gasteiger partial charge on any atom is 0.264 e. The molecule has 0 spiro atoms. The zero-order valence-electron chi connectivity index (χ0n) is 27.9. The minimum Gasteiger partial charge on any atom is -0.492 e. The van der Waals surface area contributed by atoms with Crippen LogP contribution in [0.25, 0.3) is 0 Å². The fourth-order valence-corrected chi connectivity index (χ4v) is 6.98. The molecular formula is C37H42FN3O5S2. The zero-order valence-corrected chi connectivity index (χ0v) is 29.5. The number of rotatable bonds is 14. The summed E-state index contributed by atoms with van der Waals surface area (Å²) in [5, 5.41) is 2.97. The van der Waals surface area contributed by atoms with E-state index < -0.39 is 45.8 Å². The minimum atomic E-state index is -4.34. The molecule has 4 aromatic carbocycles. The van der Waals surface area contributed by atoms with Crippen LogP contribution >= 0.6 is 11.8 Å². The summed E-state index contributed by atoms with van der Waals surface area (Å²) < 4.78 is 50.8. The van der Waals surface area contributed by atoms with Crippen LogP contribution in [0.5, 0.6) is 5.75 Å². The first-order chi connectivity index (χ1) is 22.8. The fourth-order valence-electron chi connectivity index (χ4n) is 5.15. The smallest absolute Gasteiger partial charge is 0.264 e. The first-order valence-corrected chi connectivity index (χ1v) is 18.3. The lowest BCUT2D eigenvalue weighted by Gasteiger charge is -2.35. The number of hydrogen-bond donors (Lipinski definition) is 1. The number of sulfonamides is 1. The number of amides is 2. The molecule has 0 aliphatic rings. The van der Waals surface area contributed by atoms with Gasteiger partial charge in [-0.3, -0.25) is 13.9 Å². The van der Waals surface area contributed by atoms with E-state index in [1.54, 1.807) is 61.5 Å². The van der Waals surface area contributed by atoms with Gasteiger partial charge in [-0.2, -0.15) is 0 Å². The average Bonchev–Trinajstić information content (AvgIpc) is 3.06. The number of nitrogens with one attached hydrogen (secondary N) is 1. The average molecular weight is 692 g/mol. The lowest BCUT2D eigenvalue weighted by atomic mass is 10.0. The van der Waals surface area contributed by atoms with E-state index in [-0.39, 0.29) is 41.5 Å². The summed E-state index contributed by atoms with van der Waals surface area (Å²) in [6.45, 7) is 6.56. The van der Waals surface area contributed by atoms with Gasteiger partial charge in [0.2, 0.25) is 11.8 Å². The Labute approximate surface area is 287 Å². The Morgan fingerprint density at radius 1 is 0.896 bits per heavy atom. The molecule has 48 heavy (non-hydrogen) atoms. The number of hydrogen-bond acceptors (Lipinski definition) is 6. The van der Waals surface area contributed by atoms with E-state index in [9.17, 15) is 18.0 Å². The molecule has 2 amide bonds. The van der Waals surface area contributed by atoms with Crippen molar-refractivity contribution >= 4 is 39.3 Å². The Bertz CT molecular complexity index is 1800. The highest BCUT2D eigenvalue weighted by Crippen LogP contribution is 2.33. The maximum absolute atomic E-state index is 15.2. The van der Waals surface area contributed by atoms with Crippen molar-refractivity contribution < 1.29 is 27.1 Å². The summed E-state index contributed by atoms with van der Waals surface area (Å²) in [4.78, 5) is 30.8. The Morgan fingerprint density at radius 2 is 1.52 bits per heavy atom. The van der Waals surface area contributed by atoms with Crippen LogP contribution in [0.4, 0.5) is 10.1 Å². The summed E-state index contributed by atoms with van der Waals surface area (Å²) in [5.74, 6) is -1.43. The first kappa shape index (κ1) is 36.5. The van der Waals surface area contributed by atoms with Gasteiger partial charge in [0.1, 0.15) is 24.2 Å². The van der Waals surface area contributed by atoms with Crippen molar-refractivity contribution in [1.82, 2.24) is 10.2 Å². The monoisotopic (exact) mass is 691 g/mol. The van der Waals surface area contributed by atoms with Gasteiger partial charge in [-0.25, -0.2) is 12.8 Å². The highest BCUT2D eigenvalue weighted by Gasteiger charge is 2.36. The molecule has 11 heteroatoms. The van der Waals surface area contributed by atoms with Crippen LogP contribution in [-0.4, -0.2) is 56.1 Å². The molecule has 0 fully saturated rings. The molecule has 4 aromatic rings. The second-order valence-electron chi connectivity index (χ2n) is 12.1. The highest BCUT2D eigenvalue weighted by atomic mass is 32.2. The van der Waals surface area contributed by atoms with E-state index in [0.717, 1.165) is 14.8 Å². The van der Waals surface area contributed by atoms with Crippen molar-refractivity contribution in [3.05, 3.63) is 120 Å². The SMILES string of the molecule is CCOc1ccccc1N(CC(=O)N(Cc1ccccc1F)[C@@H](Cc1ccccc1)C(=O)NC(C)(C)C)S(=O)(=O)c1ccc(SC)cc1. The van der Waals surface area contributed by atoms with Crippen molar-refractivity contribution in [1.29, 1.82) is 0 Å². The largest absolute Gasteiger partial charge is 0.492 e. The van der Waals surface area contributed by atoms with Gasteiger partial charge < -0.3 is 15.0 Å². The van der Waals surface area contributed by atoms with Crippen LogP contribution < -0.4 is 14.4 Å². The van der Waals surface area contributed by atoms with Gasteiger partial charge in [0.05, 0.1) is 17.2 Å². The van der Waals surface area contributed by atoms with E-state index in [0.29, 0.717) is 0 Å². The Morgan fingerprint density at radius 3 is 2.15 bits per heavy atom. The number of carbonyl (C=O) groups is 2. The van der Waals surface area contributed by atoms with E-state index >= 15 is 4.39 Å². The normalized spacial score (nSPS) is 12.2. The lowest BCUT2D eigenvalue weighted by molar-refractivity contribution is -0.140. The summed E-state index contributed by atoms with van der Waals surface area (Å²) >= 11 is 1.47. The maximum atomic E-state index is 15.2. The summed E-state index contributed by atoms with van der Waals surface area (Å²) in [7, 11) is -4.34. The van der Waals surface area contributed by atoms with Crippen molar-refractivity contribution in [2.75, 3.05) is 23.7 Å². The fraction of sp³-hybridized carbons (Fsp3) is 0.297. The Balaban J connectivity index is 1.86. The van der Waals surface area contributed by atoms with E-state index in [2.05, 4.69) is 5.32 Å². The molecule has 0 saturated heterocycles. The topological polar surface area (TPSA) is 96.0 Å². The van der Waals surface area contributed by atoms with Gasteiger partial charge in [0.15, 0.2) is 0 Å². The van der Waals surface area contributed by atoms with Gasteiger partial charge >= 0.3 is 0 Å². The molecular weight excluding hydrogens is 650 g/mol. The molecule has 254 valence electrons. The molecule has 0 bridgehead atoms. The molecule has 4 rings (SSSR count). The van der Waals surface area contributed by atoms with Crippen LogP contribution in [0, 0.1) is 5.82 Å². The van der Waals surface area contributed by atoms with Gasteiger partial charge in [0.25, 0.3) is 10.0 Å². The molecule has 0 aliphatic heterocycles.